The molecule has 0 saturated carbocycles. The van der Waals surface area contributed by atoms with Gasteiger partial charge in [0.2, 0.25) is 31.9 Å². The molecule has 0 saturated heterocycles. The molecule has 6 rings (SSSR count). The molecule has 0 aliphatic heterocycles. The van der Waals surface area contributed by atoms with E-state index in [0.29, 0.717) is 33.1 Å². The molecule has 0 bridgehead atoms. The highest BCUT2D eigenvalue weighted by molar-refractivity contribution is 9.11. The van der Waals surface area contributed by atoms with Crippen molar-refractivity contribution in [2.75, 3.05) is 22.1 Å². The highest BCUT2D eigenvalue weighted by atomic mass is 79.9. The molecule has 14 nitrogen and oxygen atoms in total. The van der Waals surface area contributed by atoms with Crippen LogP contribution in [0.2, 0.25) is 0 Å². The molecule has 2 heterocycles. The number of halogens is 1. The molecule has 4 aromatic carbocycles. The molecule has 2 amide bonds. The molecular formula is C45H59BrN8O6S4. The van der Waals surface area contributed by atoms with Gasteiger partial charge in [-0.3, -0.25) is 9.59 Å². The lowest BCUT2D eigenvalue weighted by Gasteiger charge is -2.22. The summed E-state index contributed by atoms with van der Waals surface area (Å²) in [6, 6.07) is 24.7. The number of carbonyl (C=O) groups excluding carboxylic acids is 2. The molecule has 346 valence electrons. The number of rotatable bonds is 9. The lowest BCUT2D eigenvalue weighted by molar-refractivity contribution is -0.115. The fraction of sp³-hybridized carbons (Fsp3) is 0.289. The molecule has 0 aliphatic rings. The monoisotopic (exact) mass is 1010 g/mol. The van der Waals surface area contributed by atoms with Gasteiger partial charge in [-0.2, -0.15) is 0 Å². The van der Waals surface area contributed by atoms with Crippen LogP contribution in [0.4, 0.5) is 22.7 Å². The van der Waals surface area contributed by atoms with Crippen molar-refractivity contribution in [3.8, 4) is 31.6 Å². The number of benzene rings is 4. The summed E-state index contributed by atoms with van der Waals surface area (Å²) in [4.78, 5) is 32.1. The van der Waals surface area contributed by atoms with Crippen molar-refractivity contribution in [1.29, 1.82) is 0 Å². The summed E-state index contributed by atoms with van der Waals surface area (Å²) in [6.45, 7) is 15.1. The number of aryl methyl sites for hydroxylation is 1. The predicted molar refractivity (Wildman–Crippen MR) is 270 cm³/mol. The summed E-state index contributed by atoms with van der Waals surface area (Å²) < 4.78 is 57.2. The summed E-state index contributed by atoms with van der Waals surface area (Å²) in [5.41, 5.74) is 15.6. The SMILES string of the molecule is C.C.CC(=O)Nc1ccc(-c2cnc(-c3ccc(N)cc3)s2)c(S(=O)(=O)NC(C)(C)C)c1.CC(=O)Nc1ccc(C)c(S(=O)(=O)NC(C)(C)C)c1.Nc1ccc(-c2ncc(Br)s2)cc1. The number of hydrogen-bond acceptors (Lipinski definition) is 12. The summed E-state index contributed by atoms with van der Waals surface area (Å²) >= 11 is 6.37. The third-order valence-electron chi connectivity index (χ3n) is 7.83. The van der Waals surface area contributed by atoms with Crippen LogP contribution in [0.5, 0.6) is 0 Å². The van der Waals surface area contributed by atoms with Crippen LogP contribution in [0.25, 0.3) is 31.6 Å². The zero-order valence-corrected chi connectivity index (χ0v) is 40.6. The first-order chi connectivity index (χ1) is 28.7. The van der Waals surface area contributed by atoms with Crippen molar-refractivity contribution in [3.63, 3.8) is 0 Å². The molecule has 6 aromatic rings. The second kappa shape index (κ2) is 22.7. The third-order valence-corrected chi connectivity index (χ3v) is 14.1. The van der Waals surface area contributed by atoms with Crippen LogP contribution in [-0.4, -0.2) is 49.7 Å². The van der Waals surface area contributed by atoms with Gasteiger partial charge in [0, 0.05) is 70.6 Å². The first kappa shape index (κ1) is 55.1. The Hall–Kier alpha value is -5.02. The maximum atomic E-state index is 13.1. The Bertz CT molecular complexity index is 2740. The first-order valence-corrected chi connectivity index (χ1v) is 24.3. The number of nitrogens with zero attached hydrogens (tertiary/aromatic N) is 2. The van der Waals surface area contributed by atoms with Crippen molar-refractivity contribution in [2.45, 2.75) is 98.0 Å². The number of anilines is 4. The molecule has 0 fully saturated rings. The average molecular weight is 1020 g/mol. The zero-order valence-electron chi connectivity index (χ0n) is 35.7. The van der Waals surface area contributed by atoms with Gasteiger partial charge in [0.1, 0.15) is 10.0 Å². The Morgan fingerprint density at radius 2 is 1.02 bits per heavy atom. The lowest BCUT2D eigenvalue weighted by atomic mass is 10.1. The molecule has 64 heavy (non-hydrogen) atoms. The highest BCUT2D eigenvalue weighted by Gasteiger charge is 2.27. The minimum Gasteiger partial charge on any atom is -0.399 e. The van der Waals surface area contributed by atoms with Crippen molar-refractivity contribution >= 4 is 93.2 Å². The van der Waals surface area contributed by atoms with Crippen LogP contribution >= 0.6 is 38.6 Å². The molecule has 0 aliphatic carbocycles. The summed E-state index contributed by atoms with van der Waals surface area (Å²) in [5.74, 6) is -0.519. The zero-order chi connectivity index (χ0) is 46.2. The van der Waals surface area contributed by atoms with Crippen molar-refractivity contribution < 1.29 is 26.4 Å². The van der Waals surface area contributed by atoms with Crippen LogP contribution in [-0.2, 0) is 29.6 Å². The van der Waals surface area contributed by atoms with Crippen LogP contribution in [0.15, 0.2) is 111 Å². The third kappa shape index (κ3) is 16.8. The van der Waals surface area contributed by atoms with Gasteiger partial charge in [-0.15, -0.1) is 22.7 Å². The number of nitrogens with one attached hydrogen (secondary N) is 4. The normalized spacial score (nSPS) is 11.3. The molecule has 2 aromatic heterocycles. The second-order valence-corrected chi connectivity index (χ2v) is 22.7. The Labute approximate surface area is 395 Å². The van der Waals surface area contributed by atoms with Crippen LogP contribution in [0.1, 0.15) is 75.8 Å². The fourth-order valence-electron chi connectivity index (χ4n) is 5.49. The minimum absolute atomic E-state index is 0. The van der Waals surface area contributed by atoms with Crippen LogP contribution in [0.3, 0.4) is 0 Å². The Kier molecular flexibility index (Phi) is 19.6. The molecule has 0 unspecified atom stereocenters. The maximum Gasteiger partial charge on any atom is 0.241 e. The van der Waals surface area contributed by atoms with E-state index in [4.69, 9.17) is 11.5 Å². The van der Waals surface area contributed by atoms with Crippen LogP contribution in [0, 0.1) is 6.92 Å². The average Bonchev–Trinajstić information content (AvgIpc) is 3.81. The lowest BCUT2D eigenvalue weighted by Crippen LogP contribution is -2.40. The van der Waals surface area contributed by atoms with Crippen molar-refractivity contribution in [2.24, 2.45) is 0 Å². The number of nitrogen functional groups attached to an aromatic ring is 2. The topological polar surface area (TPSA) is 228 Å². The van der Waals surface area contributed by atoms with Crippen molar-refractivity contribution in [1.82, 2.24) is 19.4 Å². The maximum absolute atomic E-state index is 13.1. The van der Waals surface area contributed by atoms with E-state index >= 15 is 0 Å². The number of sulfonamides is 2. The van der Waals surface area contributed by atoms with Crippen LogP contribution < -0.4 is 31.5 Å². The Balaban J connectivity index is 0.000000355. The summed E-state index contributed by atoms with van der Waals surface area (Å²) in [5, 5.41) is 6.98. The van der Waals surface area contributed by atoms with Gasteiger partial charge in [0.25, 0.3) is 0 Å². The predicted octanol–water partition coefficient (Wildman–Crippen LogP) is 10.6. The van der Waals surface area contributed by atoms with E-state index in [-0.39, 0.29) is 36.5 Å². The molecule has 0 radical (unpaired) electrons. The van der Waals surface area contributed by atoms with E-state index < -0.39 is 31.1 Å². The van der Waals surface area contributed by atoms with Gasteiger partial charge in [0.15, 0.2) is 0 Å². The molecule has 0 spiro atoms. The molecule has 19 heteroatoms. The molecule has 8 N–H and O–H groups in total. The van der Waals surface area contributed by atoms with Gasteiger partial charge in [-0.25, -0.2) is 36.2 Å². The fourth-order valence-corrected chi connectivity index (χ4v) is 11.1. The number of aromatic nitrogens is 2. The van der Waals surface area contributed by atoms with Gasteiger partial charge in [0.05, 0.1) is 24.7 Å². The smallest absolute Gasteiger partial charge is 0.241 e. The largest absolute Gasteiger partial charge is 0.399 e. The minimum atomic E-state index is -3.86. The highest BCUT2D eigenvalue weighted by Crippen LogP contribution is 2.37. The Morgan fingerprint density at radius 3 is 1.44 bits per heavy atom. The molecule has 0 atom stereocenters. The summed E-state index contributed by atoms with van der Waals surface area (Å²) in [7, 11) is -7.46. The number of nitrogens with two attached hydrogens (primary N) is 2. The van der Waals surface area contributed by atoms with E-state index in [1.807, 2.05) is 36.4 Å². The molecular weight excluding hydrogens is 957 g/mol. The van der Waals surface area contributed by atoms with E-state index in [0.717, 1.165) is 30.6 Å². The standard InChI is InChI=1S/C21H24N4O3S2.C13H20N2O3S.C9H7BrN2S.2CH4/c1-13(26)24-16-9-10-17(19(11-16)30(27,28)25-21(2,3)4)18-12-23-20(29-18)14-5-7-15(22)8-6-14;1-9-6-7-11(14-10(2)16)8-12(9)19(17,18)15-13(3,4)5;10-8-5-12-9(13-8)6-1-3-7(11)4-2-6;;/h5-12,25H,22H2,1-4H3,(H,24,26);6-8,15H,1-5H3,(H,14,16);1-5H,11H2;2*1H4. The quantitative estimate of drug-likeness (QED) is 0.0751. The van der Waals surface area contributed by atoms with Gasteiger partial charge < -0.3 is 22.1 Å². The number of hydrogen-bond donors (Lipinski definition) is 6. The van der Waals surface area contributed by atoms with E-state index in [2.05, 4.69) is 46.0 Å². The van der Waals surface area contributed by atoms with E-state index in [1.165, 1.54) is 37.3 Å². The van der Waals surface area contributed by atoms with E-state index in [1.54, 1.807) is 109 Å². The number of amides is 2. The van der Waals surface area contributed by atoms with Gasteiger partial charge >= 0.3 is 0 Å². The van der Waals surface area contributed by atoms with Gasteiger partial charge in [-0.05, 0) is 143 Å². The van der Waals surface area contributed by atoms with E-state index in [9.17, 15) is 26.4 Å². The summed E-state index contributed by atoms with van der Waals surface area (Å²) in [6.07, 6.45) is 3.45. The van der Waals surface area contributed by atoms with Gasteiger partial charge in [-0.1, -0.05) is 27.0 Å². The van der Waals surface area contributed by atoms with Crippen molar-refractivity contribution in [3.05, 3.63) is 107 Å². The number of thiazole rings is 2. The number of carbonyl (C=O) groups is 2. The second-order valence-electron chi connectivity index (χ2n) is 16.0. The first-order valence-electron chi connectivity index (χ1n) is 18.9. The Morgan fingerprint density at radius 1 is 0.609 bits per heavy atom.